The second-order valence-corrected chi connectivity index (χ2v) is 5.71. The summed E-state index contributed by atoms with van der Waals surface area (Å²) in [5.74, 6) is -3.15. The van der Waals surface area contributed by atoms with Gasteiger partial charge in [0.1, 0.15) is 17.1 Å². The van der Waals surface area contributed by atoms with E-state index in [1.807, 2.05) is 0 Å². The normalized spacial score (nSPS) is 16.6. The van der Waals surface area contributed by atoms with Gasteiger partial charge in [-0.3, -0.25) is 4.79 Å². The van der Waals surface area contributed by atoms with Crippen molar-refractivity contribution in [2.45, 2.75) is 12.3 Å². The van der Waals surface area contributed by atoms with Gasteiger partial charge in [0.2, 0.25) is 5.91 Å². The van der Waals surface area contributed by atoms with Crippen molar-refractivity contribution in [1.29, 1.82) is 0 Å². The molecule has 7 heteroatoms. The number of anilines is 1. The highest BCUT2D eigenvalue weighted by molar-refractivity contribution is 6.30. The van der Waals surface area contributed by atoms with Crippen molar-refractivity contribution in [3.8, 4) is 5.75 Å². The number of aromatic hydroxyl groups is 1. The number of aromatic carboxylic acids is 1. The van der Waals surface area contributed by atoms with Crippen LogP contribution >= 0.6 is 11.6 Å². The van der Waals surface area contributed by atoms with E-state index in [4.69, 9.17) is 16.7 Å². The van der Waals surface area contributed by atoms with E-state index in [9.17, 15) is 19.1 Å². The molecule has 23 heavy (non-hydrogen) atoms. The van der Waals surface area contributed by atoms with Gasteiger partial charge >= 0.3 is 5.97 Å². The Labute approximate surface area is 135 Å². The predicted molar refractivity (Wildman–Crippen MR) is 81.6 cm³/mol. The lowest BCUT2D eigenvalue weighted by atomic mass is 9.84. The predicted octanol–water partition coefficient (Wildman–Crippen LogP) is 3.36. The average molecular weight is 336 g/mol. The average Bonchev–Trinajstić information content (AvgIpc) is 2.44. The monoisotopic (exact) mass is 335 g/mol. The molecule has 1 heterocycles. The number of carbonyl (C=O) groups excluding carboxylic acids is 1. The van der Waals surface area contributed by atoms with Crippen LogP contribution in [0.2, 0.25) is 5.02 Å². The van der Waals surface area contributed by atoms with Crippen LogP contribution in [0.25, 0.3) is 0 Å². The van der Waals surface area contributed by atoms with Crippen molar-refractivity contribution in [2.24, 2.45) is 0 Å². The van der Waals surface area contributed by atoms with Crippen LogP contribution in [0.1, 0.15) is 33.8 Å². The van der Waals surface area contributed by atoms with Crippen molar-refractivity contribution in [3.05, 3.63) is 57.9 Å². The van der Waals surface area contributed by atoms with Gasteiger partial charge in [-0.05, 0) is 35.4 Å². The minimum Gasteiger partial charge on any atom is -0.507 e. The van der Waals surface area contributed by atoms with Gasteiger partial charge in [-0.15, -0.1) is 0 Å². The Morgan fingerprint density at radius 2 is 2.00 bits per heavy atom. The molecule has 5 nitrogen and oxygen atoms in total. The number of benzene rings is 2. The van der Waals surface area contributed by atoms with Gasteiger partial charge in [-0.1, -0.05) is 11.6 Å². The number of phenols is 1. The number of carbonyl (C=O) groups is 2. The van der Waals surface area contributed by atoms with E-state index in [0.29, 0.717) is 16.8 Å². The molecule has 0 saturated carbocycles. The lowest BCUT2D eigenvalue weighted by molar-refractivity contribution is -0.116. The molecule has 118 valence electrons. The number of carboxylic acid groups (broad SMARTS) is 1. The fourth-order valence-corrected chi connectivity index (χ4v) is 2.97. The molecule has 0 saturated heterocycles. The third-order valence-corrected chi connectivity index (χ3v) is 3.94. The molecule has 1 amide bonds. The first kappa shape index (κ1) is 15.3. The topological polar surface area (TPSA) is 86.6 Å². The molecule has 3 rings (SSSR count). The summed E-state index contributed by atoms with van der Waals surface area (Å²) in [5, 5.41) is 21.7. The van der Waals surface area contributed by atoms with Crippen LogP contribution in [0.15, 0.2) is 30.3 Å². The Hall–Kier alpha value is -2.60. The number of amides is 1. The largest absolute Gasteiger partial charge is 0.507 e. The smallest absolute Gasteiger partial charge is 0.339 e. The molecule has 0 aliphatic carbocycles. The molecule has 1 aliphatic heterocycles. The van der Waals surface area contributed by atoms with Crippen LogP contribution < -0.4 is 5.32 Å². The Kier molecular flexibility index (Phi) is 3.69. The lowest BCUT2D eigenvalue weighted by Crippen LogP contribution is -2.24. The fraction of sp³-hybridized carbons (Fsp3) is 0.125. The molecule has 0 radical (unpaired) electrons. The summed E-state index contributed by atoms with van der Waals surface area (Å²) in [7, 11) is 0. The highest BCUT2D eigenvalue weighted by atomic mass is 35.5. The third kappa shape index (κ3) is 2.85. The number of rotatable bonds is 2. The highest BCUT2D eigenvalue weighted by Gasteiger charge is 2.29. The van der Waals surface area contributed by atoms with Crippen LogP contribution in [0.4, 0.5) is 10.1 Å². The standard InChI is InChI=1S/C16H11ClFNO4/c17-8-1-7(2-9(18)3-8)10-5-15(21)19-13-6-14(20)12(16(22)23)4-11(10)13/h1-4,6,10,20H,5H2,(H,19,21)(H,22,23). The number of hydrogen-bond donors (Lipinski definition) is 3. The van der Waals surface area contributed by atoms with Gasteiger partial charge < -0.3 is 15.5 Å². The van der Waals surface area contributed by atoms with Gasteiger partial charge in [0.15, 0.2) is 0 Å². The van der Waals surface area contributed by atoms with Crippen LogP contribution in [0.5, 0.6) is 5.75 Å². The maximum Gasteiger partial charge on any atom is 0.339 e. The molecule has 0 fully saturated rings. The van der Waals surface area contributed by atoms with Crippen LogP contribution in [-0.4, -0.2) is 22.1 Å². The van der Waals surface area contributed by atoms with E-state index in [2.05, 4.69) is 5.32 Å². The van der Waals surface area contributed by atoms with Crippen molar-refractivity contribution in [1.82, 2.24) is 0 Å². The summed E-state index contributed by atoms with van der Waals surface area (Å²) in [6.07, 6.45) is 0.0244. The molecule has 3 N–H and O–H groups in total. The summed E-state index contributed by atoms with van der Waals surface area (Å²) in [4.78, 5) is 23.1. The van der Waals surface area contributed by atoms with Gasteiger partial charge in [0.25, 0.3) is 0 Å². The summed E-state index contributed by atoms with van der Waals surface area (Å²) >= 11 is 5.87. The summed E-state index contributed by atoms with van der Waals surface area (Å²) in [6, 6.07) is 6.41. The first-order chi connectivity index (χ1) is 10.8. The maximum absolute atomic E-state index is 13.6. The van der Waals surface area contributed by atoms with Gasteiger partial charge in [0, 0.05) is 29.1 Å². The van der Waals surface area contributed by atoms with E-state index in [1.165, 1.54) is 24.3 Å². The molecule has 2 aromatic rings. The first-order valence-electron chi connectivity index (χ1n) is 6.71. The Morgan fingerprint density at radius 3 is 2.65 bits per heavy atom. The number of hydrogen-bond acceptors (Lipinski definition) is 3. The zero-order chi connectivity index (χ0) is 16.7. The number of nitrogens with one attached hydrogen (secondary N) is 1. The molecular formula is C16H11ClFNO4. The molecular weight excluding hydrogens is 325 g/mol. The fourth-order valence-electron chi connectivity index (χ4n) is 2.74. The van der Waals surface area contributed by atoms with Crippen molar-refractivity contribution >= 4 is 29.2 Å². The molecule has 0 aromatic heterocycles. The van der Waals surface area contributed by atoms with Crippen molar-refractivity contribution in [2.75, 3.05) is 5.32 Å². The van der Waals surface area contributed by atoms with E-state index in [0.717, 1.165) is 6.07 Å². The molecule has 1 aliphatic rings. The second kappa shape index (κ2) is 5.55. The van der Waals surface area contributed by atoms with Crippen LogP contribution in [0, 0.1) is 5.82 Å². The molecule has 1 unspecified atom stereocenters. The van der Waals surface area contributed by atoms with E-state index in [-0.39, 0.29) is 22.9 Å². The number of halogens is 2. The Bertz CT molecular complexity index is 817. The number of carboxylic acids is 1. The highest BCUT2D eigenvalue weighted by Crippen LogP contribution is 2.40. The molecule has 1 atom stereocenters. The van der Waals surface area contributed by atoms with Gasteiger partial charge in [0.05, 0.1) is 0 Å². The molecule has 0 spiro atoms. The lowest BCUT2D eigenvalue weighted by Gasteiger charge is -2.27. The second-order valence-electron chi connectivity index (χ2n) is 5.27. The minimum absolute atomic E-state index is 0.0244. The maximum atomic E-state index is 13.6. The Morgan fingerprint density at radius 1 is 1.26 bits per heavy atom. The minimum atomic E-state index is -1.29. The third-order valence-electron chi connectivity index (χ3n) is 3.72. The molecule has 0 bridgehead atoms. The Balaban J connectivity index is 2.19. The van der Waals surface area contributed by atoms with E-state index >= 15 is 0 Å². The van der Waals surface area contributed by atoms with E-state index < -0.39 is 23.5 Å². The number of fused-ring (bicyclic) bond motifs is 1. The SMILES string of the molecule is O=C1CC(c2cc(F)cc(Cl)c2)c2cc(C(=O)O)c(O)cc2N1. The van der Waals surface area contributed by atoms with Gasteiger partial charge in [-0.25, -0.2) is 9.18 Å². The summed E-state index contributed by atoms with van der Waals surface area (Å²) in [6.45, 7) is 0. The van der Waals surface area contributed by atoms with Crippen LogP contribution in [-0.2, 0) is 4.79 Å². The summed E-state index contributed by atoms with van der Waals surface area (Å²) in [5.41, 5.74) is 0.969. The first-order valence-corrected chi connectivity index (χ1v) is 7.09. The van der Waals surface area contributed by atoms with Crippen molar-refractivity contribution < 1.29 is 24.2 Å². The zero-order valence-electron chi connectivity index (χ0n) is 11.6. The van der Waals surface area contributed by atoms with Crippen molar-refractivity contribution in [3.63, 3.8) is 0 Å². The van der Waals surface area contributed by atoms with Gasteiger partial charge in [-0.2, -0.15) is 0 Å². The van der Waals surface area contributed by atoms with E-state index in [1.54, 1.807) is 0 Å². The quantitative estimate of drug-likeness (QED) is 0.785. The summed E-state index contributed by atoms with van der Waals surface area (Å²) < 4.78 is 13.6. The molecule has 2 aromatic carbocycles. The van der Waals surface area contributed by atoms with Crippen LogP contribution in [0.3, 0.4) is 0 Å². The zero-order valence-corrected chi connectivity index (χ0v) is 12.4.